The number of amides is 1. The van der Waals surface area contributed by atoms with Gasteiger partial charge in [-0.2, -0.15) is 5.26 Å². The van der Waals surface area contributed by atoms with Crippen LogP contribution in [0.2, 0.25) is 0 Å². The Morgan fingerprint density at radius 2 is 1.95 bits per heavy atom. The van der Waals surface area contributed by atoms with Crippen molar-refractivity contribution in [1.29, 1.82) is 5.26 Å². The quantitative estimate of drug-likeness (QED) is 0.177. The molecule has 1 saturated carbocycles. The Morgan fingerprint density at radius 3 is 2.62 bits per heavy atom. The van der Waals surface area contributed by atoms with Crippen molar-refractivity contribution >= 4 is 34.4 Å². The molecule has 1 unspecified atom stereocenters. The number of nitriles is 1. The van der Waals surface area contributed by atoms with Gasteiger partial charge >= 0.3 is 6.09 Å². The molecule has 1 fully saturated rings. The summed E-state index contributed by atoms with van der Waals surface area (Å²) >= 11 is 1.80. The van der Waals surface area contributed by atoms with Crippen LogP contribution in [-0.2, 0) is 11.3 Å². The van der Waals surface area contributed by atoms with Crippen molar-refractivity contribution in [2.24, 2.45) is 0 Å². The lowest BCUT2D eigenvalue weighted by atomic mass is 9.92. The molecule has 0 aliphatic heterocycles. The molecular formula is C33H30FN5O2S. The van der Waals surface area contributed by atoms with Crippen LogP contribution in [0.1, 0.15) is 49.5 Å². The second-order valence-corrected chi connectivity index (χ2v) is 11.6. The average Bonchev–Trinajstić information content (AvgIpc) is 3.59. The van der Waals surface area contributed by atoms with E-state index in [-0.39, 0.29) is 5.82 Å². The molecule has 2 aromatic heterocycles. The van der Waals surface area contributed by atoms with E-state index in [2.05, 4.69) is 43.7 Å². The van der Waals surface area contributed by atoms with Crippen LogP contribution in [-0.4, -0.2) is 26.0 Å². The van der Waals surface area contributed by atoms with Crippen molar-refractivity contribution in [2.75, 3.05) is 11.1 Å². The van der Waals surface area contributed by atoms with Crippen LogP contribution in [0.5, 0.6) is 0 Å². The van der Waals surface area contributed by atoms with Crippen molar-refractivity contribution < 1.29 is 13.9 Å². The highest BCUT2D eigenvalue weighted by Crippen LogP contribution is 2.43. The van der Waals surface area contributed by atoms with Crippen LogP contribution in [0.3, 0.4) is 0 Å². The summed E-state index contributed by atoms with van der Waals surface area (Å²) in [6.07, 6.45) is 7.79. The minimum Gasteiger partial charge on any atom is -0.441 e. The SMILES string of the molecule is CC(OC(=O)Nc1ccc(-c2c(C#N)c3ccc(SCCn4ccnc4)cc3n2C2CCC2)cc1)c1ccc(F)cc1. The molecule has 0 spiro atoms. The molecule has 212 valence electrons. The van der Waals surface area contributed by atoms with Gasteiger partial charge in [0.25, 0.3) is 0 Å². The maximum atomic E-state index is 13.2. The van der Waals surface area contributed by atoms with E-state index in [0.717, 1.165) is 47.3 Å². The number of thioether (sulfide) groups is 1. The van der Waals surface area contributed by atoms with Gasteiger partial charge < -0.3 is 13.9 Å². The van der Waals surface area contributed by atoms with Crippen molar-refractivity contribution in [3.63, 3.8) is 0 Å². The molecule has 1 N–H and O–H groups in total. The number of halogens is 1. The average molecular weight is 580 g/mol. The zero-order valence-corrected chi connectivity index (χ0v) is 24.0. The fraction of sp³-hybridized carbons (Fsp3) is 0.242. The molecule has 9 heteroatoms. The van der Waals surface area contributed by atoms with E-state index in [9.17, 15) is 14.4 Å². The molecule has 1 aliphatic carbocycles. The van der Waals surface area contributed by atoms with Gasteiger partial charge in [-0.15, -0.1) is 11.8 Å². The largest absolute Gasteiger partial charge is 0.441 e. The first kappa shape index (κ1) is 27.6. The Hall–Kier alpha value is -4.55. The molecule has 0 radical (unpaired) electrons. The van der Waals surface area contributed by atoms with Gasteiger partial charge in [0.1, 0.15) is 18.0 Å². The molecule has 42 heavy (non-hydrogen) atoms. The Kier molecular flexibility index (Phi) is 7.97. The van der Waals surface area contributed by atoms with Crippen LogP contribution in [0.25, 0.3) is 22.2 Å². The van der Waals surface area contributed by atoms with Gasteiger partial charge in [-0.1, -0.05) is 30.3 Å². The minimum absolute atomic E-state index is 0.340. The lowest BCUT2D eigenvalue weighted by Crippen LogP contribution is -2.18. The molecule has 0 saturated heterocycles. The number of aromatic nitrogens is 3. The number of carbonyl (C=O) groups is 1. The first-order valence-electron chi connectivity index (χ1n) is 14.0. The molecule has 3 aromatic carbocycles. The molecule has 1 aliphatic rings. The number of nitrogens with one attached hydrogen (secondary N) is 1. The number of imidazole rings is 1. The highest BCUT2D eigenvalue weighted by molar-refractivity contribution is 7.99. The van der Waals surface area contributed by atoms with Crippen LogP contribution < -0.4 is 5.32 Å². The van der Waals surface area contributed by atoms with E-state index in [0.29, 0.717) is 22.9 Å². The molecular weight excluding hydrogens is 549 g/mol. The third-order valence-corrected chi connectivity index (χ3v) is 8.71. The number of benzene rings is 3. The topological polar surface area (TPSA) is 84.9 Å². The number of fused-ring (bicyclic) bond motifs is 1. The Labute approximate surface area is 247 Å². The fourth-order valence-electron chi connectivity index (χ4n) is 5.31. The number of anilines is 1. The lowest BCUT2D eigenvalue weighted by Gasteiger charge is -2.30. The predicted molar refractivity (Wildman–Crippen MR) is 163 cm³/mol. The summed E-state index contributed by atoms with van der Waals surface area (Å²) in [7, 11) is 0. The van der Waals surface area contributed by atoms with E-state index >= 15 is 0 Å². The van der Waals surface area contributed by atoms with Crippen LogP contribution in [0, 0.1) is 17.1 Å². The number of rotatable bonds is 9. The normalized spacial score (nSPS) is 13.8. The van der Waals surface area contributed by atoms with Gasteiger partial charge in [0.2, 0.25) is 0 Å². The number of hydrogen-bond donors (Lipinski definition) is 1. The number of ether oxygens (including phenoxy) is 1. The van der Waals surface area contributed by atoms with E-state index in [4.69, 9.17) is 4.74 Å². The van der Waals surface area contributed by atoms with Gasteiger partial charge in [0.15, 0.2) is 0 Å². The Bertz CT molecular complexity index is 1740. The zero-order chi connectivity index (χ0) is 29.1. The number of hydrogen-bond acceptors (Lipinski definition) is 5. The Balaban J connectivity index is 1.23. The van der Waals surface area contributed by atoms with Crippen molar-refractivity contribution in [1.82, 2.24) is 14.1 Å². The van der Waals surface area contributed by atoms with Gasteiger partial charge in [-0.3, -0.25) is 5.32 Å². The monoisotopic (exact) mass is 579 g/mol. The van der Waals surface area contributed by atoms with Crippen molar-refractivity contribution in [3.8, 4) is 17.3 Å². The summed E-state index contributed by atoms with van der Waals surface area (Å²) < 4.78 is 23.1. The minimum atomic E-state index is -0.598. The van der Waals surface area contributed by atoms with E-state index in [1.54, 1.807) is 37.0 Å². The van der Waals surface area contributed by atoms with Gasteiger partial charge in [0, 0.05) is 46.7 Å². The van der Waals surface area contributed by atoms with Gasteiger partial charge in [0.05, 0.1) is 23.1 Å². The molecule has 7 nitrogen and oxygen atoms in total. The Morgan fingerprint density at radius 1 is 1.17 bits per heavy atom. The lowest BCUT2D eigenvalue weighted by molar-refractivity contribution is 0.121. The molecule has 1 atom stereocenters. The summed E-state index contributed by atoms with van der Waals surface area (Å²) in [5, 5.41) is 14.0. The van der Waals surface area contributed by atoms with Gasteiger partial charge in [-0.25, -0.2) is 14.2 Å². The first-order chi connectivity index (χ1) is 20.5. The summed E-state index contributed by atoms with van der Waals surface area (Å²) in [6.45, 7) is 2.61. The zero-order valence-electron chi connectivity index (χ0n) is 23.2. The third-order valence-electron chi connectivity index (χ3n) is 7.73. The maximum absolute atomic E-state index is 13.2. The molecule has 1 amide bonds. The van der Waals surface area contributed by atoms with Crippen molar-refractivity contribution in [2.45, 2.75) is 49.8 Å². The second kappa shape index (κ2) is 12.1. The fourth-order valence-corrected chi connectivity index (χ4v) is 6.21. The smallest absolute Gasteiger partial charge is 0.412 e. The second-order valence-electron chi connectivity index (χ2n) is 10.4. The molecule has 0 bridgehead atoms. The molecule has 6 rings (SSSR count). The highest BCUT2D eigenvalue weighted by Gasteiger charge is 2.28. The first-order valence-corrected chi connectivity index (χ1v) is 15.0. The van der Waals surface area contributed by atoms with E-state index in [1.807, 2.05) is 36.8 Å². The van der Waals surface area contributed by atoms with Crippen LogP contribution in [0.4, 0.5) is 14.9 Å². The summed E-state index contributed by atoms with van der Waals surface area (Å²) in [4.78, 5) is 17.8. The third kappa shape index (κ3) is 5.76. The summed E-state index contributed by atoms with van der Waals surface area (Å²) in [5.41, 5.74) is 4.87. The number of nitrogens with zero attached hydrogens (tertiary/aromatic N) is 4. The van der Waals surface area contributed by atoms with Crippen LogP contribution >= 0.6 is 11.8 Å². The van der Waals surface area contributed by atoms with E-state index < -0.39 is 12.2 Å². The maximum Gasteiger partial charge on any atom is 0.412 e. The molecule has 2 heterocycles. The van der Waals surface area contributed by atoms with E-state index in [1.165, 1.54) is 23.4 Å². The predicted octanol–water partition coefficient (Wildman–Crippen LogP) is 8.34. The number of carbonyl (C=O) groups excluding carboxylic acids is 1. The van der Waals surface area contributed by atoms with Crippen LogP contribution in [0.15, 0.2) is 90.3 Å². The van der Waals surface area contributed by atoms with Crippen molar-refractivity contribution in [3.05, 3.63) is 102 Å². The van der Waals surface area contributed by atoms with Gasteiger partial charge in [-0.05, 0) is 73.7 Å². The summed E-state index contributed by atoms with van der Waals surface area (Å²) in [5.74, 6) is 0.580. The standard InChI is InChI=1S/C33H30FN5O2S/c1-22(23-5-9-25(34)10-6-23)41-33(40)37-26-11-7-24(8-12-26)32-30(20-35)29-14-13-28(42-18-17-38-16-15-36-21-38)19-31(29)39(32)27-3-2-4-27/h5-16,19,21-22,27H,2-4,17-18H2,1H3,(H,37,40). The number of aryl methyl sites for hydroxylation is 1. The summed E-state index contributed by atoms with van der Waals surface area (Å²) in [6, 6.07) is 22.6. The molecule has 5 aromatic rings. The highest BCUT2D eigenvalue weighted by atomic mass is 32.2.